The number of rotatable bonds is 11. The lowest BCUT2D eigenvalue weighted by Crippen LogP contribution is -2.47. The molecule has 4 aromatic carbocycles. The van der Waals surface area contributed by atoms with Crippen LogP contribution in [-0.4, -0.2) is 77.3 Å². The van der Waals surface area contributed by atoms with E-state index in [9.17, 15) is 24.3 Å². The van der Waals surface area contributed by atoms with Crippen LogP contribution in [0.4, 0.5) is 4.79 Å². The Balaban J connectivity index is 1.07. The van der Waals surface area contributed by atoms with Crippen LogP contribution in [0.25, 0.3) is 22.0 Å². The zero-order valence-corrected chi connectivity index (χ0v) is 31.1. The van der Waals surface area contributed by atoms with E-state index in [2.05, 4.69) is 27.8 Å². The quantitative estimate of drug-likeness (QED) is 0.0952. The summed E-state index contributed by atoms with van der Waals surface area (Å²) in [5.41, 5.74) is 7.13. The molecule has 1 aliphatic carbocycles. The normalized spacial score (nSPS) is 19.1. The van der Waals surface area contributed by atoms with Crippen LogP contribution in [0.3, 0.4) is 0 Å². The summed E-state index contributed by atoms with van der Waals surface area (Å²) in [5.74, 6) is -2.16. The second-order valence-electron chi connectivity index (χ2n) is 14.3. The summed E-state index contributed by atoms with van der Waals surface area (Å²) in [6, 6.07) is 31.7. The molecule has 7 rings (SSSR count). The average molecular weight is 755 g/mol. The van der Waals surface area contributed by atoms with Crippen molar-refractivity contribution in [1.82, 2.24) is 20.5 Å². The minimum atomic E-state index is -1.06. The van der Waals surface area contributed by atoms with Crippen molar-refractivity contribution < 1.29 is 33.8 Å². The zero-order valence-electron chi connectivity index (χ0n) is 31.1. The van der Waals surface area contributed by atoms with Crippen molar-refractivity contribution in [3.8, 4) is 11.1 Å². The number of fused-ring (bicyclic) bond motifs is 4. The second-order valence-corrected chi connectivity index (χ2v) is 14.3. The largest absolute Gasteiger partial charge is 0.462 e. The van der Waals surface area contributed by atoms with E-state index in [1.54, 1.807) is 17.1 Å². The van der Waals surface area contributed by atoms with Gasteiger partial charge in [0.15, 0.2) is 0 Å². The molecular formula is C45H46N4O7. The maximum atomic E-state index is 13.9. The van der Waals surface area contributed by atoms with Crippen LogP contribution in [0.5, 0.6) is 0 Å². The van der Waals surface area contributed by atoms with Crippen molar-refractivity contribution in [2.45, 2.75) is 50.2 Å². The number of carbonyl (C=O) groups is 4. The van der Waals surface area contributed by atoms with Crippen molar-refractivity contribution in [3.63, 3.8) is 0 Å². The maximum Gasteiger partial charge on any atom is 0.407 e. The predicted molar refractivity (Wildman–Crippen MR) is 212 cm³/mol. The number of ether oxygens (including phenoxy) is 2. The summed E-state index contributed by atoms with van der Waals surface area (Å²) in [4.78, 5) is 59.3. The number of hydrogen-bond donors (Lipinski definition) is 4. The molecule has 3 atom stereocenters. The molecule has 3 amide bonds. The molecule has 56 heavy (non-hydrogen) atoms. The first-order valence-electron chi connectivity index (χ1n) is 19.1. The van der Waals surface area contributed by atoms with Crippen LogP contribution in [0.1, 0.15) is 47.4 Å². The van der Waals surface area contributed by atoms with Gasteiger partial charge in [0, 0.05) is 42.5 Å². The van der Waals surface area contributed by atoms with Crippen molar-refractivity contribution in [3.05, 3.63) is 144 Å². The summed E-state index contributed by atoms with van der Waals surface area (Å²) < 4.78 is 11.6. The SMILES string of the molecule is O=C(N[C@H]1C/C=C\C[C@H](CC(=O)N(CCO)Cc2ccccc2)C(=O)N[C@H](Cc2c[nH]c3ccccc23)COC1=O)OCC1c2ccccc2-c2ccccc21. The van der Waals surface area contributed by atoms with Crippen LogP contribution in [0, 0.1) is 5.92 Å². The molecule has 0 spiro atoms. The maximum absolute atomic E-state index is 13.9. The number of allylic oxidation sites excluding steroid dienone is 1. The summed E-state index contributed by atoms with van der Waals surface area (Å²) in [7, 11) is 0. The van der Waals surface area contributed by atoms with Crippen LogP contribution >= 0.6 is 0 Å². The van der Waals surface area contributed by atoms with Gasteiger partial charge in [-0.25, -0.2) is 9.59 Å². The number of hydrogen-bond acceptors (Lipinski definition) is 7. The minimum Gasteiger partial charge on any atom is -0.462 e. The zero-order chi connectivity index (χ0) is 38.9. The number of aromatic amines is 1. The van der Waals surface area contributed by atoms with E-state index in [1.165, 1.54) is 0 Å². The smallest absolute Gasteiger partial charge is 0.407 e. The van der Waals surface area contributed by atoms with Gasteiger partial charge in [-0.05, 0) is 58.7 Å². The molecule has 288 valence electrons. The first-order valence-corrected chi connectivity index (χ1v) is 19.1. The van der Waals surface area contributed by atoms with Crippen molar-refractivity contribution >= 4 is 34.8 Å². The van der Waals surface area contributed by atoms with Crippen LogP contribution < -0.4 is 10.6 Å². The second kappa shape index (κ2) is 18.0. The standard InChI is InChI=1S/C45H46N4O7/c50-23-22-49(27-30-12-2-1-3-13-30)42(51)25-31-14-4-10-21-41(44(53)55-28-33(47-43(31)52)24-32-26-46-40-20-11-9-15-34(32)40)48-45(54)56-29-39-37-18-7-5-16-35(37)36-17-6-8-19-38(36)39/h1-13,15-20,26,31,33,39,41,46,50H,14,21-25,27-29H2,(H,47,52)(H,48,54)/b10-4-/t31-,33-,41+/m1/s1. The van der Waals surface area contributed by atoms with E-state index in [0.717, 1.165) is 44.3 Å². The first kappa shape index (κ1) is 38.1. The third-order valence-electron chi connectivity index (χ3n) is 10.5. The van der Waals surface area contributed by atoms with E-state index in [1.807, 2.05) is 97.2 Å². The number of aromatic nitrogens is 1. The Morgan fingerprint density at radius 2 is 1.54 bits per heavy atom. The van der Waals surface area contributed by atoms with Gasteiger partial charge in [-0.3, -0.25) is 9.59 Å². The third kappa shape index (κ3) is 9.01. The third-order valence-corrected chi connectivity index (χ3v) is 10.5. The topological polar surface area (TPSA) is 150 Å². The highest BCUT2D eigenvalue weighted by molar-refractivity contribution is 5.87. The molecule has 4 N–H and O–H groups in total. The van der Waals surface area contributed by atoms with Gasteiger partial charge in [0.25, 0.3) is 0 Å². The number of H-pyrrole nitrogens is 1. The van der Waals surface area contributed by atoms with Crippen LogP contribution in [0.2, 0.25) is 0 Å². The van der Waals surface area contributed by atoms with E-state index < -0.39 is 30.1 Å². The van der Waals surface area contributed by atoms with Crippen molar-refractivity contribution in [2.75, 3.05) is 26.4 Å². The molecule has 0 fully saturated rings. The molecule has 11 heteroatoms. The number of carbonyl (C=O) groups excluding carboxylic acids is 4. The molecule has 0 saturated heterocycles. The molecule has 0 unspecified atom stereocenters. The van der Waals surface area contributed by atoms with Gasteiger partial charge in [0.2, 0.25) is 11.8 Å². The summed E-state index contributed by atoms with van der Waals surface area (Å²) in [6.07, 6.45) is 5.13. The fourth-order valence-corrected chi connectivity index (χ4v) is 7.65. The highest BCUT2D eigenvalue weighted by Gasteiger charge is 2.32. The molecule has 2 aliphatic rings. The fraction of sp³-hybridized carbons (Fsp3) is 0.289. The Morgan fingerprint density at radius 1 is 0.857 bits per heavy atom. The number of esters is 1. The fourth-order valence-electron chi connectivity index (χ4n) is 7.65. The summed E-state index contributed by atoms with van der Waals surface area (Å²) >= 11 is 0. The number of amides is 3. The van der Waals surface area contributed by atoms with E-state index in [-0.39, 0.29) is 63.4 Å². The molecule has 2 heterocycles. The number of aliphatic hydroxyl groups excluding tert-OH is 1. The molecular weight excluding hydrogens is 709 g/mol. The lowest BCUT2D eigenvalue weighted by Gasteiger charge is -2.26. The number of alkyl carbamates (subject to hydrolysis) is 1. The highest BCUT2D eigenvalue weighted by atomic mass is 16.6. The van der Waals surface area contributed by atoms with E-state index in [4.69, 9.17) is 9.47 Å². The predicted octanol–water partition coefficient (Wildman–Crippen LogP) is 6.02. The number of nitrogens with zero attached hydrogens (tertiary/aromatic N) is 1. The lowest BCUT2D eigenvalue weighted by molar-refractivity contribution is -0.147. The molecule has 0 radical (unpaired) electrons. The van der Waals surface area contributed by atoms with Gasteiger partial charge < -0.3 is 35.1 Å². The number of aliphatic hydroxyl groups is 1. The number of benzene rings is 4. The van der Waals surface area contributed by atoms with Gasteiger partial charge in [0.05, 0.1) is 18.6 Å². The van der Waals surface area contributed by atoms with Gasteiger partial charge in [-0.2, -0.15) is 0 Å². The van der Waals surface area contributed by atoms with E-state index >= 15 is 0 Å². The molecule has 0 bridgehead atoms. The Hall–Kier alpha value is -6.20. The Kier molecular flexibility index (Phi) is 12.2. The molecule has 5 aromatic rings. The van der Waals surface area contributed by atoms with Crippen LogP contribution in [0.15, 0.2) is 121 Å². The number of nitrogens with one attached hydrogen (secondary N) is 3. The van der Waals surface area contributed by atoms with Crippen LogP contribution in [-0.2, 0) is 36.8 Å². The van der Waals surface area contributed by atoms with Gasteiger partial charge in [0.1, 0.15) is 19.3 Å². The Bertz CT molecular complexity index is 2150. The highest BCUT2D eigenvalue weighted by Crippen LogP contribution is 2.44. The summed E-state index contributed by atoms with van der Waals surface area (Å²) in [5, 5.41) is 16.5. The minimum absolute atomic E-state index is 0.0864. The molecule has 11 nitrogen and oxygen atoms in total. The number of cyclic esters (lactones) is 1. The molecule has 1 aromatic heterocycles. The van der Waals surface area contributed by atoms with Crippen molar-refractivity contribution in [2.24, 2.45) is 5.92 Å². The first-order chi connectivity index (χ1) is 27.4. The monoisotopic (exact) mass is 754 g/mol. The van der Waals surface area contributed by atoms with Gasteiger partial charge in [-0.15, -0.1) is 0 Å². The van der Waals surface area contributed by atoms with Crippen molar-refractivity contribution in [1.29, 1.82) is 0 Å². The Morgan fingerprint density at radius 3 is 2.29 bits per heavy atom. The van der Waals surface area contributed by atoms with Gasteiger partial charge in [-0.1, -0.05) is 109 Å². The molecule has 1 aliphatic heterocycles. The lowest BCUT2D eigenvalue weighted by atomic mass is 9.96. The summed E-state index contributed by atoms with van der Waals surface area (Å²) in [6.45, 7) is 0.129. The average Bonchev–Trinajstić information content (AvgIpc) is 3.77. The number of para-hydroxylation sites is 1. The Labute approximate surface area is 325 Å². The van der Waals surface area contributed by atoms with Gasteiger partial charge >= 0.3 is 12.1 Å². The van der Waals surface area contributed by atoms with E-state index in [0.29, 0.717) is 13.0 Å². The molecule has 0 saturated carbocycles.